The van der Waals surface area contributed by atoms with Crippen molar-refractivity contribution in [3.63, 3.8) is 0 Å². The molecule has 0 bridgehead atoms. The molecule has 0 atom stereocenters. The van der Waals surface area contributed by atoms with E-state index in [1.807, 2.05) is 12.1 Å². The van der Waals surface area contributed by atoms with Crippen molar-refractivity contribution in [1.82, 2.24) is 19.8 Å². The van der Waals surface area contributed by atoms with E-state index in [-0.39, 0.29) is 5.82 Å². The van der Waals surface area contributed by atoms with Gasteiger partial charge in [-0.2, -0.15) is 4.52 Å². The van der Waals surface area contributed by atoms with Crippen LogP contribution in [0.1, 0.15) is 25.7 Å². The molecule has 2 aromatic carbocycles. The zero-order valence-corrected chi connectivity index (χ0v) is 15.0. The Kier molecular flexibility index (Phi) is 3.96. The first-order chi connectivity index (χ1) is 13.3. The second kappa shape index (κ2) is 6.61. The lowest BCUT2D eigenvalue weighted by molar-refractivity contribution is 0.628. The van der Waals surface area contributed by atoms with Gasteiger partial charge in [0.05, 0.1) is 5.52 Å². The molecule has 3 heterocycles. The lowest BCUT2D eigenvalue weighted by Crippen LogP contribution is -2.25. The van der Waals surface area contributed by atoms with Crippen LogP contribution in [-0.2, 0) is 0 Å². The number of fused-ring (bicyclic) bond motifs is 3. The van der Waals surface area contributed by atoms with E-state index in [2.05, 4.69) is 27.3 Å². The standard InChI is InChI=1S/C21H20FN5/c22-16-11-9-15(10-12-16)19-21-23-20(26-13-5-1-2-6-14-26)17-7-3-4-8-18(17)27(21)25-24-19/h3-4,7-12H,1-2,5-6,13-14H2. The molecule has 0 saturated carbocycles. The van der Waals surface area contributed by atoms with Gasteiger partial charge < -0.3 is 4.90 Å². The van der Waals surface area contributed by atoms with Crippen LogP contribution in [0.4, 0.5) is 10.2 Å². The van der Waals surface area contributed by atoms with E-state index in [1.165, 1.54) is 37.8 Å². The van der Waals surface area contributed by atoms with E-state index in [9.17, 15) is 4.39 Å². The predicted molar refractivity (Wildman–Crippen MR) is 104 cm³/mol. The SMILES string of the molecule is Fc1ccc(-c2nnn3c2nc(N2CCCCCC2)c2ccccc23)cc1. The van der Waals surface area contributed by atoms with E-state index in [1.54, 1.807) is 16.6 Å². The highest BCUT2D eigenvalue weighted by Crippen LogP contribution is 2.31. The maximum atomic E-state index is 13.3. The highest BCUT2D eigenvalue weighted by atomic mass is 19.1. The maximum Gasteiger partial charge on any atom is 0.186 e. The second-order valence-electron chi connectivity index (χ2n) is 7.03. The molecule has 4 aromatic rings. The number of para-hydroxylation sites is 1. The average Bonchev–Trinajstić information content (AvgIpc) is 2.94. The van der Waals surface area contributed by atoms with Crippen LogP contribution in [0.25, 0.3) is 27.8 Å². The summed E-state index contributed by atoms with van der Waals surface area (Å²) >= 11 is 0. The molecular weight excluding hydrogens is 341 g/mol. The molecule has 0 unspecified atom stereocenters. The number of nitrogens with zero attached hydrogens (tertiary/aromatic N) is 5. The van der Waals surface area contributed by atoms with Gasteiger partial charge in [-0.3, -0.25) is 0 Å². The second-order valence-corrected chi connectivity index (χ2v) is 7.03. The Hall–Kier alpha value is -3.02. The van der Waals surface area contributed by atoms with Crippen LogP contribution in [0.2, 0.25) is 0 Å². The smallest absolute Gasteiger partial charge is 0.186 e. The third-order valence-corrected chi connectivity index (χ3v) is 5.25. The molecule has 5 nitrogen and oxygen atoms in total. The summed E-state index contributed by atoms with van der Waals surface area (Å²) in [6.45, 7) is 2.03. The fraction of sp³-hybridized carbons (Fsp3) is 0.286. The minimum atomic E-state index is -0.265. The van der Waals surface area contributed by atoms with Crippen molar-refractivity contribution in [2.75, 3.05) is 18.0 Å². The number of aromatic nitrogens is 4. The number of hydrogen-bond acceptors (Lipinski definition) is 4. The van der Waals surface area contributed by atoms with Crippen molar-refractivity contribution >= 4 is 22.4 Å². The summed E-state index contributed by atoms with van der Waals surface area (Å²) in [7, 11) is 0. The van der Waals surface area contributed by atoms with Crippen molar-refractivity contribution in [2.45, 2.75) is 25.7 Å². The summed E-state index contributed by atoms with van der Waals surface area (Å²) in [6, 6.07) is 14.5. The van der Waals surface area contributed by atoms with Crippen LogP contribution >= 0.6 is 0 Å². The fourth-order valence-electron chi connectivity index (χ4n) is 3.87. The topological polar surface area (TPSA) is 46.3 Å². The number of anilines is 1. The Morgan fingerprint density at radius 2 is 1.59 bits per heavy atom. The van der Waals surface area contributed by atoms with Crippen LogP contribution in [0.3, 0.4) is 0 Å². The van der Waals surface area contributed by atoms with Gasteiger partial charge in [0.15, 0.2) is 5.65 Å². The third kappa shape index (κ3) is 2.81. The monoisotopic (exact) mass is 361 g/mol. The van der Waals surface area contributed by atoms with E-state index in [0.29, 0.717) is 11.3 Å². The van der Waals surface area contributed by atoms with Gasteiger partial charge in [0.1, 0.15) is 17.3 Å². The first-order valence-electron chi connectivity index (χ1n) is 9.46. The third-order valence-electron chi connectivity index (χ3n) is 5.25. The quantitative estimate of drug-likeness (QED) is 0.529. The maximum absolute atomic E-state index is 13.3. The molecule has 6 heteroatoms. The van der Waals surface area contributed by atoms with Crippen LogP contribution in [0.5, 0.6) is 0 Å². The molecule has 1 aliphatic heterocycles. The fourth-order valence-corrected chi connectivity index (χ4v) is 3.87. The Morgan fingerprint density at radius 1 is 0.852 bits per heavy atom. The van der Waals surface area contributed by atoms with E-state index in [4.69, 9.17) is 4.98 Å². The van der Waals surface area contributed by atoms with E-state index >= 15 is 0 Å². The Morgan fingerprint density at radius 3 is 2.37 bits per heavy atom. The van der Waals surface area contributed by atoms with Crippen LogP contribution < -0.4 is 4.90 Å². The highest BCUT2D eigenvalue weighted by molar-refractivity contribution is 5.93. The lowest BCUT2D eigenvalue weighted by atomic mass is 10.1. The normalized spacial score (nSPS) is 15.4. The summed E-state index contributed by atoms with van der Waals surface area (Å²) in [6.07, 6.45) is 4.91. The minimum Gasteiger partial charge on any atom is -0.356 e. The number of hydrogen-bond donors (Lipinski definition) is 0. The molecule has 0 amide bonds. The molecule has 0 spiro atoms. The summed E-state index contributed by atoms with van der Waals surface area (Å²) < 4.78 is 15.1. The molecule has 2 aromatic heterocycles. The van der Waals surface area contributed by atoms with Gasteiger partial charge in [-0.05, 0) is 49.2 Å². The van der Waals surface area contributed by atoms with Gasteiger partial charge in [-0.1, -0.05) is 30.2 Å². The number of benzene rings is 2. The Bertz CT molecular complexity index is 1090. The van der Waals surface area contributed by atoms with Gasteiger partial charge in [-0.25, -0.2) is 9.37 Å². The minimum absolute atomic E-state index is 0.265. The van der Waals surface area contributed by atoms with E-state index < -0.39 is 0 Å². The molecule has 0 N–H and O–H groups in total. The molecule has 136 valence electrons. The molecule has 5 rings (SSSR count). The molecule has 27 heavy (non-hydrogen) atoms. The van der Waals surface area contributed by atoms with Gasteiger partial charge in [0, 0.05) is 24.0 Å². The van der Waals surface area contributed by atoms with Crippen molar-refractivity contribution in [3.8, 4) is 11.3 Å². The Balaban J connectivity index is 1.75. The first-order valence-corrected chi connectivity index (χ1v) is 9.46. The van der Waals surface area contributed by atoms with Crippen molar-refractivity contribution in [3.05, 3.63) is 54.3 Å². The van der Waals surface area contributed by atoms with Gasteiger partial charge >= 0.3 is 0 Å². The lowest BCUT2D eigenvalue weighted by Gasteiger charge is -2.23. The van der Waals surface area contributed by atoms with Crippen LogP contribution in [0.15, 0.2) is 48.5 Å². The summed E-state index contributed by atoms with van der Waals surface area (Å²) in [5.41, 5.74) is 3.19. The highest BCUT2D eigenvalue weighted by Gasteiger charge is 2.19. The van der Waals surface area contributed by atoms with Crippen LogP contribution in [0, 0.1) is 5.82 Å². The summed E-state index contributed by atoms with van der Waals surface area (Å²) in [4.78, 5) is 7.38. The Labute approximate surface area is 156 Å². The zero-order chi connectivity index (χ0) is 18.2. The molecule has 1 fully saturated rings. The average molecular weight is 361 g/mol. The molecule has 0 aliphatic carbocycles. The number of halogens is 1. The number of rotatable bonds is 2. The van der Waals surface area contributed by atoms with Crippen molar-refractivity contribution in [2.24, 2.45) is 0 Å². The van der Waals surface area contributed by atoms with Crippen molar-refractivity contribution in [1.29, 1.82) is 0 Å². The van der Waals surface area contributed by atoms with Gasteiger partial charge in [0.2, 0.25) is 0 Å². The van der Waals surface area contributed by atoms with Gasteiger partial charge in [0.25, 0.3) is 0 Å². The van der Waals surface area contributed by atoms with Crippen LogP contribution in [-0.4, -0.2) is 32.9 Å². The summed E-state index contributed by atoms with van der Waals surface area (Å²) in [5.74, 6) is 0.726. The van der Waals surface area contributed by atoms with Gasteiger partial charge in [-0.15, -0.1) is 5.10 Å². The van der Waals surface area contributed by atoms with Crippen molar-refractivity contribution < 1.29 is 4.39 Å². The summed E-state index contributed by atoms with van der Waals surface area (Å²) in [5, 5.41) is 9.79. The van der Waals surface area contributed by atoms with E-state index in [0.717, 1.165) is 35.4 Å². The molecular formula is C21H20FN5. The zero-order valence-electron chi connectivity index (χ0n) is 15.0. The first kappa shape index (κ1) is 16.2. The largest absolute Gasteiger partial charge is 0.356 e. The predicted octanol–water partition coefficient (Wildman–Crippen LogP) is 4.46. The molecule has 1 saturated heterocycles. The molecule has 1 aliphatic rings. The molecule has 0 radical (unpaired) electrons.